The third-order valence-corrected chi connectivity index (χ3v) is 6.90. The summed E-state index contributed by atoms with van der Waals surface area (Å²) in [5.74, 6) is 1.11. The fourth-order valence-corrected chi connectivity index (χ4v) is 5.73. The first-order chi connectivity index (χ1) is 12.7. The molecule has 0 aromatic heterocycles. The van der Waals surface area contributed by atoms with Crippen molar-refractivity contribution < 1.29 is 14.3 Å². The van der Waals surface area contributed by atoms with Crippen LogP contribution >= 0.6 is 0 Å². The highest BCUT2D eigenvalue weighted by Gasteiger charge is 2.60. The number of carbonyl (C=O) groups excluding carboxylic acids is 2. The summed E-state index contributed by atoms with van der Waals surface area (Å²) in [5.41, 5.74) is 2.11. The summed E-state index contributed by atoms with van der Waals surface area (Å²) < 4.78 is 6.41. The smallest absolute Gasteiger partial charge is 0.219 e. The van der Waals surface area contributed by atoms with Crippen molar-refractivity contribution in [2.45, 2.75) is 52.1 Å². The SMILES string of the molecule is CC(=O)N1CC[C@]2(C1)C[C@@]1(CO2)C2=C(N=NC2)NC2=C1C(=O)CC(C)(C)C2. The number of rotatable bonds is 0. The number of ketones is 1. The maximum Gasteiger partial charge on any atom is 0.219 e. The minimum absolute atomic E-state index is 0.0617. The Morgan fingerprint density at radius 2 is 2.11 bits per heavy atom. The lowest BCUT2D eigenvalue weighted by atomic mass is 9.61. The van der Waals surface area contributed by atoms with Crippen LogP contribution in [0.1, 0.15) is 46.5 Å². The molecule has 0 bridgehead atoms. The average Bonchev–Trinajstić information content (AvgIpc) is 3.26. The van der Waals surface area contributed by atoms with E-state index in [2.05, 4.69) is 29.4 Å². The van der Waals surface area contributed by atoms with Gasteiger partial charge in [-0.1, -0.05) is 13.8 Å². The molecule has 0 aromatic carbocycles. The van der Waals surface area contributed by atoms with Gasteiger partial charge in [-0.25, -0.2) is 0 Å². The van der Waals surface area contributed by atoms with Crippen LogP contribution in [0.25, 0.3) is 0 Å². The summed E-state index contributed by atoms with van der Waals surface area (Å²) in [6, 6.07) is 0. The van der Waals surface area contributed by atoms with Crippen molar-refractivity contribution in [3.8, 4) is 0 Å². The van der Waals surface area contributed by atoms with Crippen molar-refractivity contribution in [2.24, 2.45) is 21.1 Å². The molecule has 0 saturated carbocycles. The molecule has 1 amide bonds. The van der Waals surface area contributed by atoms with Gasteiger partial charge in [0.2, 0.25) is 5.91 Å². The predicted molar refractivity (Wildman–Crippen MR) is 97.5 cm³/mol. The number of hydrogen-bond acceptors (Lipinski definition) is 6. The molecule has 4 aliphatic heterocycles. The van der Waals surface area contributed by atoms with Crippen LogP contribution in [0.2, 0.25) is 0 Å². The molecule has 0 unspecified atom stereocenters. The molecule has 0 radical (unpaired) electrons. The van der Waals surface area contributed by atoms with Gasteiger partial charge in [0, 0.05) is 43.3 Å². The number of hydrogen-bond donors (Lipinski definition) is 1. The van der Waals surface area contributed by atoms with E-state index in [0.717, 1.165) is 48.5 Å². The van der Waals surface area contributed by atoms with Gasteiger partial charge in [0.1, 0.15) is 0 Å². The molecule has 2 fully saturated rings. The number of fused-ring (bicyclic) bond motifs is 2. The lowest BCUT2D eigenvalue weighted by Crippen LogP contribution is -2.45. The zero-order chi connectivity index (χ0) is 19.0. The highest BCUT2D eigenvalue weighted by atomic mass is 16.5. The van der Waals surface area contributed by atoms with Crippen molar-refractivity contribution in [2.75, 3.05) is 26.2 Å². The molecule has 27 heavy (non-hydrogen) atoms. The monoisotopic (exact) mass is 370 g/mol. The number of nitrogens with one attached hydrogen (secondary N) is 1. The first kappa shape index (κ1) is 17.1. The molecule has 2 saturated heterocycles. The van der Waals surface area contributed by atoms with Gasteiger partial charge in [0.25, 0.3) is 0 Å². The Morgan fingerprint density at radius 3 is 2.85 bits per heavy atom. The molecule has 7 heteroatoms. The van der Waals surface area contributed by atoms with Crippen molar-refractivity contribution in [1.82, 2.24) is 10.2 Å². The molecule has 144 valence electrons. The van der Waals surface area contributed by atoms with Crippen LogP contribution in [-0.4, -0.2) is 48.4 Å². The number of nitrogens with zero attached hydrogens (tertiary/aromatic N) is 3. The largest absolute Gasteiger partial charge is 0.372 e. The average molecular weight is 370 g/mol. The van der Waals surface area contributed by atoms with Crippen molar-refractivity contribution in [3.05, 3.63) is 22.7 Å². The lowest BCUT2D eigenvalue weighted by molar-refractivity contribution is -0.128. The lowest BCUT2D eigenvalue weighted by Gasteiger charge is -2.43. The number of azo groups is 1. The van der Waals surface area contributed by atoms with Gasteiger partial charge < -0.3 is 15.0 Å². The summed E-state index contributed by atoms with van der Waals surface area (Å²) in [4.78, 5) is 27.0. The van der Waals surface area contributed by atoms with Gasteiger partial charge in [0.05, 0.1) is 24.2 Å². The number of Topliss-reactive ketones (excluding diaryl/α,β-unsaturated/α-hetero) is 1. The fraction of sp³-hybridized carbons (Fsp3) is 0.700. The summed E-state index contributed by atoms with van der Waals surface area (Å²) in [6.07, 6.45) is 2.94. The Balaban J connectivity index is 1.57. The van der Waals surface area contributed by atoms with Crippen molar-refractivity contribution in [3.63, 3.8) is 0 Å². The molecule has 1 N–H and O–H groups in total. The van der Waals surface area contributed by atoms with Crippen LogP contribution in [0.5, 0.6) is 0 Å². The standard InChI is InChI=1S/C20H26N4O3/c1-12(25)24-5-4-19(10-24)9-20(11-27-19)13-8-21-23-17(13)22-14-6-18(2,3)7-15(26)16(14)20/h22H,4-11H2,1-3H3/t19-,20-/m1/s1. The summed E-state index contributed by atoms with van der Waals surface area (Å²) in [7, 11) is 0. The van der Waals surface area contributed by atoms with E-state index in [1.54, 1.807) is 6.92 Å². The van der Waals surface area contributed by atoms with E-state index in [-0.39, 0.29) is 22.7 Å². The normalized spacial score (nSPS) is 36.7. The molecule has 0 aromatic rings. The highest BCUT2D eigenvalue weighted by Crippen LogP contribution is 2.58. The van der Waals surface area contributed by atoms with Crippen LogP contribution in [0.15, 0.2) is 32.9 Å². The van der Waals surface area contributed by atoms with Gasteiger partial charge in [-0.05, 0) is 24.7 Å². The van der Waals surface area contributed by atoms with Gasteiger partial charge >= 0.3 is 0 Å². The number of likely N-dealkylation sites (tertiary alicyclic amines) is 1. The van der Waals surface area contributed by atoms with Crippen molar-refractivity contribution in [1.29, 1.82) is 0 Å². The second-order valence-electron chi connectivity index (χ2n) is 9.57. The molecule has 4 heterocycles. The Hall–Kier alpha value is -2.02. The summed E-state index contributed by atoms with van der Waals surface area (Å²) in [6.45, 7) is 8.21. The first-order valence-corrected chi connectivity index (χ1v) is 9.78. The number of dihydropyridines is 1. The Kier molecular flexibility index (Phi) is 3.34. The molecular weight excluding hydrogens is 344 g/mol. The minimum atomic E-state index is -0.445. The van der Waals surface area contributed by atoms with E-state index in [1.165, 1.54) is 0 Å². The Morgan fingerprint density at radius 1 is 1.30 bits per heavy atom. The van der Waals surface area contributed by atoms with Crippen molar-refractivity contribution >= 4 is 11.7 Å². The number of amides is 1. The Bertz CT molecular complexity index is 855. The maximum absolute atomic E-state index is 13.3. The van der Waals surface area contributed by atoms with E-state index in [9.17, 15) is 9.59 Å². The second-order valence-corrected chi connectivity index (χ2v) is 9.57. The molecule has 1 aliphatic carbocycles. The van der Waals surface area contributed by atoms with Crippen LogP contribution in [-0.2, 0) is 14.3 Å². The van der Waals surface area contributed by atoms with Crippen LogP contribution in [0, 0.1) is 10.8 Å². The topological polar surface area (TPSA) is 83.4 Å². The van der Waals surface area contributed by atoms with Gasteiger partial charge in [-0.15, -0.1) is 5.11 Å². The molecular formula is C20H26N4O3. The number of allylic oxidation sites excluding steroid dienone is 1. The molecule has 5 rings (SSSR count). The van der Waals surface area contributed by atoms with E-state index in [0.29, 0.717) is 26.1 Å². The van der Waals surface area contributed by atoms with Crippen LogP contribution in [0.3, 0.4) is 0 Å². The predicted octanol–water partition coefficient (Wildman–Crippen LogP) is 2.31. The van der Waals surface area contributed by atoms with E-state index >= 15 is 0 Å². The number of carbonyl (C=O) groups is 2. The zero-order valence-corrected chi connectivity index (χ0v) is 16.2. The molecule has 2 spiro atoms. The van der Waals surface area contributed by atoms with Gasteiger partial charge in [0.15, 0.2) is 11.6 Å². The third-order valence-electron chi connectivity index (χ3n) is 6.90. The first-order valence-electron chi connectivity index (χ1n) is 9.78. The molecule has 5 aliphatic rings. The minimum Gasteiger partial charge on any atom is -0.372 e. The summed E-state index contributed by atoms with van der Waals surface area (Å²) in [5, 5.41) is 12.0. The van der Waals surface area contributed by atoms with E-state index in [4.69, 9.17) is 4.74 Å². The Labute approximate surface area is 158 Å². The quantitative estimate of drug-likeness (QED) is 0.709. The fourth-order valence-electron chi connectivity index (χ4n) is 5.73. The second kappa shape index (κ2) is 5.28. The van der Waals surface area contributed by atoms with Gasteiger partial charge in [-0.2, -0.15) is 5.11 Å². The van der Waals surface area contributed by atoms with Gasteiger partial charge in [-0.3, -0.25) is 9.59 Å². The zero-order valence-electron chi connectivity index (χ0n) is 16.2. The highest BCUT2D eigenvalue weighted by molar-refractivity contribution is 6.00. The van der Waals surface area contributed by atoms with Crippen LogP contribution < -0.4 is 5.32 Å². The summed E-state index contributed by atoms with van der Waals surface area (Å²) >= 11 is 0. The van der Waals surface area contributed by atoms with E-state index in [1.807, 2.05) is 4.90 Å². The van der Waals surface area contributed by atoms with Crippen LogP contribution in [0.4, 0.5) is 0 Å². The third kappa shape index (κ3) is 2.37. The number of ether oxygens (including phenoxy) is 1. The van der Waals surface area contributed by atoms with E-state index < -0.39 is 5.41 Å². The molecule has 2 atom stereocenters. The maximum atomic E-state index is 13.3. The molecule has 7 nitrogen and oxygen atoms in total.